The summed E-state index contributed by atoms with van der Waals surface area (Å²) >= 11 is 0. The zero-order valence-electron chi connectivity index (χ0n) is 19.1. The number of alkyl carbamates (subject to hydrolysis) is 1. The number of ether oxygens (including phenoxy) is 3. The molecule has 172 valence electrons. The predicted molar refractivity (Wildman–Crippen MR) is 113 cm³/mol. The minimum atomic E-state index is -1.06. The molecule has 0 aliphatic rings. The van der Waals surface area contributed by atoms with Gasteiger partial charge in [0.05, 0.1) is 11.8 Å². The van der Waals surface area contributed by atoms with E-state index in [1.54, 1.807) is 54.5 Å². The molecule has 1 atom stereocenters. The molecule has 31 heavy (non-hydrogen) atoms. The molecule has 0 saturated heterocycles. The normalized spacial score (nSPS) is 12.3. The highest BCUT2D eigenvalue weighted by Gasteiger charge is 2.24. The van der Waals surface area contributed by atoms with Crippen LogP contribution >= 0.6 is 0 Å². The molecule has 1 unspecified atom stereocenters. The monoisotopic (exact) mass is 436 g/mol. The Morgan fingerprint density at radius 2 is 1.45 bits per heavy atom. The van der Waals surface area contributed by atoms with Crippen molar-refractivity contribution in [3.63, 3.8) is 0 Å². The van der Waals surface area contributed by atoms with Crippen LogP contribution in [0.4, 0.5) is 4.79 Å². The lowest BCUT2D eigenvalue weighted by molar-refractivity contribution is -0.140. The second-order valence-corrected chi connectivity index (χ2v) is 8.74. The fourth-order valence-corrected chi connectivity index (χ4v) is 2.20. The van der Waals surface area contributed by atoms with Gasteiger partial charge in [-0.3, -0.25) is 14.4 Å². The van der Waals surface area contributed by atoms with Crippen molar-refractivity contribution < 1.29 is 33.4 Å². The van der Waals surface area contributed by atoms with Gasteiger partial charge >= 0.3 is 18.0 Å². The Kier molecular flexibility index (Phi) is 9.02. The molecule has 0 aliphatic carbocycles. The van der Waals surface area contributed by atoms with Crippen LogP contribution in [0.25, 0.3) is 0 Å². The number of nitrogens with two attached hydrogens (primary N) is 1. The lowest BCUT2D eigenvalue weighted by Gasteiger charge is -2.22. The molecular weight excluding hydrogens is 404 g/mol. The Morgan fingerprint density at radius 3 is 1.90 bits per heavy atom. The van der Waals surface area contributed by atoms with E-state index in [0.29, 0.717) is 5.56 Å². The summed E-state index contributed by atoms with van der Waals surface area (Å²) in [5.74, 6) is -2.46. The lowest BCUT2D eigenvalue weighted by atomic mass is 10.0. The average Bonchev–Trinajstić information content (AvgIpc) is 2.61. The van der Waals surface area contributed by atoms with Gasteiger partial charge in [0.25, 0.3) is 0 Å². The molecular formula is C22H32N2O7. The van der Waals surface area contributed by atoms with Gasteiger partial charge in [-0.1, -0.05) is 33.8 Å². The van der Waals surface area contributed by atoms with Gasteiger partial charge in [-0.15, -0.1) is 0 Å². The van der Waals surface area contributed by atoms with Crippen LogP contribution in [0.15, 0.2) is 18.2 Å². The Hall–Kier alpha value is -3.10. The van der Waals surface area contributed by atoms with E-state index < -0.39 is 41.5 Å². The van der Waals surface area contributed by atoms with Crippen molar-refractivity contribution in [3.8, 4) is 11.5 Å². The molecule has 2 amide bonds. The fraction of sp³-hybridized carbons (Fsp3) is 0.545. The van der Waals surface area contributed by atoms with Crippen LogP contribution in [0.1, 0.15) is 54.0 Å². The predicted octanol–water partition coefficient (Wildman–Crippen LogP) is 2.73. The van der Waals surface area contributed by atoms with Crippen LogP contribution in [-0.2, 0) is 25.5 Å². The third kappa shape index (κ3) is 9.06. The number of carbonyl (C=O) groups excluding carboxylic acids is 4. The van der Waals surface area contributed by atoms with E-state index in [9.17, 15) is 19.2 Å². The number of nitrogens with one attached hydrogen (secondary N) is 1. The third-order valence-electron chi connectivity index (χ3n) is 3.85. The van der Waals surface area contributed by atoms with E-state index in [4.69, 9.17) is 19.9 Å². The highest BCUT2D eigenvalue weighted by atomic mass is 16.6. The van der Waals surface area contributed by atoms with Crippen LogP contribution in [0.2, 0.25) is 0 Å². The van der Waals surface area contributed by atoms with E-state index in [2.05, 4.69) is 5.32 Å². The molecule has 0 heterocycles. The molecule has 9 nitrogen and oxygen atoms in total. The molecule has 0 aliphatic heterocycles. The second-order valence-electron chi connectivity index (χ2n) is 8.74. The molecule has 9 heteroatoms. The largest absolute Gasteiger partial charge is 0.444 e. The van der Waals surface area contributed by atoms with E-state index in [1.165, 1.54) is 12.1 Å². The highest BCUT2D eigenvalue weighted by Crippen LogP contribution is 2.30. The number of benzene rings is 1. The average molecular weight is 437 g/mol. The van der Waals surface area contributed by atoms with Gasteiger partial charge in [0.2, 0.25) is 5.91 Å². The minimum absolute atomic E-state index is 0.0131. The van der Waals surface area contributed by atoms with Gasteiger partial charge in [0.15, 0.2) is 11.5 Å². The summed E-state index contributed by atoms with van der Waals surface area (Å²) in [6, 6.07) is 3.45. The zero-order valence-corrected chi connectivity index (χ0v) is 19.1. The Balaban J connectivity index is 3.13. The molecule has 1 aromatic carbocycles. The van der Waals surface area contributed by atoms with Crippen molar-refractivity contribution in [2.75, 3.05) is 0 Å². The van der Waals surface area contributed by atoms with E-state index in [0.717, 1.165) is 0 Å². The van der Waals surface area contributed by atoms with Gasteiger partial charge in [0.1, 0.15) is 11.6 Å². The number of primary amides is 1. The summed E-state index contributed by atoms with van der Waals surface area (Å²) in [5, 5.41) is 2.43. The van der Waals surface area contributed by atoms with E-state index in [-0.39, 0.29) is 23.8 Å². The quantitative estimate of drug-likeness (QED) is 0.473. The van der Waals surface area contributed by atoms with E-state index in [1.807, 2.05) is 0 Å². The number of amides is 2. The first-order valence-corrected chi connectivity index (χ1v) is 10.0. The van der Waals surface area contributed by atoms with Crippen molar-refractivity contribution in [3.05, 3.63) is 23.8 Å². The van der Waals surface area contributed by atoms with Crippen LogP contribution in [0.5, 0.6) is 11.5 Å². The zero-order chi connectivity index (χ0) is 23.9. The molecule has 0 saturated carbocycles. The van der Waals surface area contributed by atoms with Gasteiger partial charge in [-0.2, -0.15) is 0 Å². The first-order valence-electron chi connectivity index (χ1n) is 10.0. The Bertz CT molecular complexity index is 826. The van der Waals surface area contributed by atoms with Gasteiger partial charge < -0.3 is 25.3 Å². The molecule has 3 N–H and O–H groups in total. The number of hydrogen-bond donors (Lipinski definition) is 2. The second kappa shape index (κ2) is 10.8. The van der Waals surface area contributed by atoms with Crippen LogP contribution < -0.4 is 20.5 Å². The summed E-state index contributed by atoms with van der Waals surface area (Å²) in [5.41, 5.74) is 5.20. The molecule has 1 aromatic rings. The minimum Gasteiger partial charge on any atom is -0.444 e. The van der Waals surface area contributed by atoms with Crippen molar-refractivity contribution in [1.29, 1.82) is 0 Å². The number of rotatable bonds is 8. The lowest BCUT2D eigenvalue weighted by Crippen LogP contribution is -2.47. The first-order chi connectivity index (χ1) is 14.2. The molecule has 1 rings (SSSR count). The number of carbonyl (C=O) groups is 4. The summed E-state index contributed by atoms with van der Waals surface area (Å²) in [6.45, 7) is 11.8. The van der Waals surface area contributed by atoms with Gasteiger partial charge in [-0.05, 0) is 38.5 Å². The maximum Gasteiger partial charge on any atom is 0.408 e. The number of esters is 2. The molecule has 0 bridgehead atoms. The van der Waals surface area contributed by atoms with Crippen LogP contribution in [0, 0.1) is 11.8 Å². The topological polar surface area (TPSA) is 134 Å². The summed E-state index contributed by atoms with van der Waals surface area (Å²) in [6.07, 6.45) is -0.774. The smallest absolute Gasteiger partial charge is 0.408 e. The van der Waals surface area contributed by atoms with E-state index >= 15 is 0 Å². The third-order valence-corrected chi connectivity index (χ3v) is 3.85. The first kappa shape index (κ1) is 25.9. The molecule has 0 aromatic heterocycles. The van der Waals surface area contributed by atoms with Gasteiger partial charge in [-0.25, -0.2) is 4.79 Å². The van der Waals surface area contributed by atoms with Gasteiger partial charge in [0, 0.05) is 6.42 Å². The molecule has 0 radical (unpaired) electrons. The van der Waals surface area contributed by atoms with Crippen molar-refractivity contribution in [2.45, 2.75) is 66.5 Å². The molecule has 0 spiro atoms. The maximum absolute atomic E-state index is 12.1. The molecule has 0 fully saturated rings. The SMILES string of the molecule is CC(C)C(=O)Oc1ccc(CC(NC(=O)OC(C)(C)C)C(N)=O)cc1OC(=O)C(C)C. The van der Waals surface area contributed by atoms with Crippen LogP contribution in [-0.4, -0.2) is 35.6 Å². The van der Waals surface area contributed by atoms with Crippen molar-refractivity contribution in [2.24, 2.45) is 17.6 Å². The summed E-state index contributed by atoms with van der Waals surface area (Å²) < 4.78 is 15.8. The number of hydrogen-bond acceptors (Lipinski definition) is 7. The summed E-state index contributed by atoms with van der Waals surface area (Å²) in [7, 11) is 0. The van der Waals surface area contributed by atoms with Crippen molar-refractivity contribution >= 4 is 23.9 Å². The Labute approximate surface area is 182 Å². The fourth-order valence-electron chi connectivity index (χ4n) is 2.20. The van der Waals surface area contributed by atoms with Crippen LogP contribution in [0.3, 0.4) is 0 Å². The van der Waals surface area contributed by atoms with Crippen molar-refractivity contribution in [1.82, 2.24) is 5.32 Å². The highest BCUT2D eigenvalue weighted by molar-refractivity contribution is 5.84. The maximum atomic E-state index is 12.1. The summed E-state index contributed by atoms with van der Waals surface area (Å²) in [4.78, 5) is 47.9. The Morgan fingerprint density at radius 1 is 0.935 bits per heavy atom. The standard InChI is InChI=1S/C22H32N2O7/c1-12(2)19(26)29-16-9-8-14(11-17(16)30-20(27)13(3)4)10-15(18(23)25)24-21(28)31-22(5,6)7/h8-9,11-13,15H,10H2,1-7H3,(H2,23,25)(H,24,28).